The fraction of sp³-hybridized carbons (Fsp3) is 0.286. The minimum Gasteiger partial charge on any atom is -0.484 e. The van der Waals surface area contributed by atoms with Gasteiger partial charge in [-0.05, 0) is 19.1 Å². The van der Waals surface area contributed by atoms with Crippen LogP contribution in [0.25, 0.3) is 0 Å². The third kappa shape index (κ3) is 6.03. The van der Waals surface area contributed by atoms with E-state index >= 15 is 0 Å². The summed E-state index contributed by atoms with van der Waals surface area (Å²) in [6, 6.07) is 2.75. The molecule has 0 aromatic heterocycles. The Balaban J connectivity index is 2.38. The highest BCUT2D eigenvalue weighted by Crippen LogP contribution is 2.15. The minimum atomic E-state index is -1.04. The number of carbonyl (C=O) groups excluding carboxylic acids is 2. The number of carbonyl (C=O) groups is 2. The van der Waals surface area contributed by atoms with E-state index in [2.05, 4.69) is 17.2 Å². The normalized spacial score (nSPS) is 11.4. The highest BCUT2D eigenvalue weighted by atomic mass is 19.2. The van der Waals surface area contributed by atoms with Gasteiger partial charge < -0.3 is 15.4 Å². The van der Waals surface area contributed by atoms with Crippen LogP contribution in [0.1, 0.15) is 13.3 Å². The van der Waals surface area contributed by atoms with Gasteiger partial charge in [0.25, 0.3) is 5.91 Å². The minimum absolute atomic E-state index is 0.0590. The van der Waals surface area contributed by atoms with Gasteiger partial charge in [0.15, 0.2) is 18.2 Å². The molecule has 1 atom stereocenters. The highest BCUT2D eigenvalue weighted by molar-refractivity contribution is 5.77. The Morgan fingerprint density at radius 1 is 1.43 bits per heavy atom. The van der Waals surface area contributed by atoms with Crippen LogP contribution in [0.2, 0.25) is 0 Å². The molecule has 0 bridgehead atoms. The fourth-order valence-electron chi connectivity index (χ4n) is 1.59. The molecule has 0 heterocycles. The average molecular weight is 298 g/mol. The third-order valence-corrected chi connectivity index (χ3v) is 2.48. The van der Waals surface area contributed by atoms with E-state index in [0.29, 0.717) is 18.5 Å². The molecule has 0 aliphatic heterocycles. The van der Waals surface area contributed by atoms with Crippen molar-refractivity contribution in [3.8, 4) is 5.75 Å². The van der Waals surface area contributed by atoms with E-state index < -0.39 is 17.5 Å². The van der Waals surface area contributed by atoms with Crippen molar-refractivity contribution in [3.05, 3.63) is 42.1 Å². The SMILES string of the molecule is C=C(CC(C)NC(=O)COc1ccc(F)c(F)c1)NC=O. The van der Waals surface area contributed by atoms with Gasteiger partial charge in [-0.25, -0.2) is 8.78 Å². The van der Waals surface area contributed by atoms with Crippen LogP contribution in [-0.4, -0.2) is 25.0 Å². The Hall–Kier alpha value is -2.44. The Morgan fingerprint density at radius 3 is 2.76 bits per heavy atom. The number of hydrogen-bond acceptors (Lipinski definition) is 3. The van der Waals surface area contributed by atoms with E-state index in [1.807, 2.05) is 0 Å². The maximum Gasteiger partial charge on any atom is 0.258 e. The number of hydrogen-bond donors (Lipinski definition) is 2. The van der Waals surface area contributed by atoms with Gasteiger partial charge in [0.1, 0.15) is 5.75 Å². The summed E-state index contributed by atoms with van der Waals surface area (Å²) in [6.07, 6.45) is 0.874. The first-order valence-corrected chi connectivity index (χ1v) is 6.17. The van der Waals surface area contributed by atoms with Gasteiger partial charge in [0, 0.05) is 24.2 Å². The second-order valence-electron chi connectivity index (χ2n) is 4.40. The Labute approximate surface area is 121 Å². The van der Waals surface area contributed by atoms with Gasteiger partial charge in [0.2, 0.25) is 6.41 Å². The second kappa shape index (κ2) is 7.98. The molecule has 0 saturated carbocycles. The molecule has 0 saturated heterocycles. The molecule has 1 unspecified atom stereocenters. The first-order valence-electron chi connectivity index (χ1n) is 6.17. The molecular weight excluding hydrogens is 282 g/mol. The van der Waals surface area contributed by atoms with Crippen molar-refractivity contribution in [2.75, 3.05) is 6.61 Å². The van der Waals surface area contributed by atoms with Gasteiger partial charge in [-0.2, -0.15) is 0 Å². The summed E-state index contributed by atoms with van der Waals surface area (Å²) >= 11 is 0. The molecule has 1 aromatic rings. The quantitative estimate of drug-likeness (QED) is 0.715. The molecule has 0 radical (unpaired) electrons. The van der Waals surface area contributed by atoms with Gasteiger partial charge in [-0.1, -0.05) is 6.58 Å². The van der Waals surface area contributed by atoms with Crippen molar-refractivity contribution in [1.29, 1.82) is 0 Å². The van der Waals surface area contributed by atoms with Crippen LogP contribution in [0.15, 0.2) is 30.5 Å². The Kier molecular flexibility index (Phi) is 6.32. The van der Waals surface area contributed by atoms with Crippen molar-refractivity contribution < 1.29 is 23.1 Å². The first kappa shape index (κ1) is 16.6. The Morgan fingerprint density at radius 2 is 2.14 bits per heavy atom. The number of nitrogens with one attached hydrogen (secondary N) is 2. The van der Waals surface area contributed by atoms with Gasteiger partial charge in [-0.3, -0.25) is 9.59 Å². The van der Waals surface area contributed by atoms with Crippen LogP contribution >= 0.6 is 0 Å². The predicted octanol–water partition coefficient (Wildman–Crippen LogP) is 1.50. The third-order valence-electron chi connectivity index (χ3n) is 2.48. The van der Waals surface area contributed by atoms with E-state index in [1.165, 1.54) is 6.07 Å². The summed E-state index contributed by atoms with van der Waals surface area (Å²) in [6.45, 7) is 5.00. The molecular formula is C14H16F2N2O3. The van der Waals surface area contributed by atoms with E-state index in [9.17, 15) is 18.4 Å². The summed E-state index contributed by atoms with van der Waals surface area (Å²) < 4.78 is 30.7. The lowest BCUT2D eigenvalue weighted by Gasteiger charge is -2.15. The molecule has 0 aliphatic carbocycles. The fourth-order valence-corrected chi connectivity index (χ4v) is 1.59. The van der Waals surface area contributed by atoms with Crippen LogP contribution < -0.4 is 15.4 Å². The molecule has 7 heteroatoms. The van der Waals surface area contributed by atoms with Crippen molar-refractivity contribution in [2.45, 2.75) is 19.4 Å². The summed E-state index contributed by atoms with van der Waals surface area (Å²) in [5, 5.41) is 5.00. The molecule has 21 heavy (non-hydrogen) atoms. The molecule has 0 fully saturated rings. The largest absolute Gasteiger partial charge is 0.484 e. The maximum atomic E-state index is 12.9. The number of halogens is 2. The summed E-state index contributed by atoms with van der Waals surface area (Å²) in [5.74, 6) is -2.39. The summed E-state index contributed by atoms with van der Waals surface area (Å²) in [5.41, 5.74) is 0.472. The lowest BCUT2D eigenvalue weighted by atomic mass is 10.2. The number of amides is 2. The molecule has 2 N–H and O–H groups in total. The van der Waals surface area contributed by atoms with Crippen molar-refractivity contribution in [2.24, 2.45) is 0 Å². The van der Waals surface area contributed by atoms with Gasteiger partial charge in [0.05, 0.1) is 0 Å². The molecule has 2 amide bonds. The summed E-state index contributed by atoms with van der Waals surface area (Å²) in [7, 11) is 0. The van der Waals surface area contributed by atoms with Crippen molar-refractivity contribution >= 4 is 12.3 Å². The molecule has 1 rings (SSSR count). The van der Waals surface area contributed by atoms with Crippen molar-refractivity contribution in [3.63, 3.8) is 0 Å². The van der Waals surface area contributed by atoms with Crippen LogP contribution in [0.4, 0.5) is 8.78 Å². The van der Waals surface area contributed by atoms with Crippen molar-refractivity contribution in [1.82, 2.24) is 10.6 Å². The monoisotopic (exact) mass is 298 g/mol. The number of ether oxygens (including phenoxy) is 1. The lowest BCUT2D eigenvalue weighted by molar-refractivity contribution is -0.123. The highest BCUT2D eigenvalue weighted by Gasteiger charge is 2.10. The topological polar surface area (TPSA) is 67.4 Å². The van der Waals surface area contributed by atoms with E-state index in [0.717, 1.165) is 12.1 Å². The molecule has 0 aliphatic rings. The molecule has 1 aromatic carbocycles. The Bertz CT molecular complexity index is 535. The number of benzene rings is 1. The zero-order chi connectivity index (χ0) is 15.8. The standard InChI is InChI=1S/C14H16F2N2O3/c1-9(17-8-19)5-10(2)18-14(20)7-21-11-3-4-12(15)13(16)6-11/h3-4,6,8,10H,1,5,7H2,2H3,(H,17,19)(H,18,20). The van der Waals surface area contributed by atoms with Gasteiger partial charge in [-0.15, -0.1) is 0 Å². The molecule has 5 nitrogen and oxygen atoms in total. The van der Waals surface area contributed by atoms with Crippen LogP contribution in [0.3, 0.4) is 0 Å². The number of rotatable bonds is 8. The summed E-state index contributed by atoms with van der Waals surface area (Å²) in [4.78, 5) is 21.8. The van der Waals surface area contributed by atoms with Crippen LogP contribution in [0, 0.1) is 11.6 Å². The zero-order valence-corrected chi connectivity index (χ0v) is 11.5. The first-order chi connectivity index (χ1) is 9.92. The average Bonchev–Trinajstić information content (AvgIpc) is 2.40. The maximum absolute atomic E-state index is 12.9. The smallest absolute Gasteiger partial charge is 0.258 e. The molecule has 0 spiro atoms. The second-order valence-corrected chi connectivity index (χ2v) is 4.40. The lowest BCUT2D eigenvalue weighted by Crippen LogP contribution is -2.37. The predicted molar refractivity (Wildman–Crippen MR) is 72.4 cm³/mol. The van der Waals surface area contributed by atoms with Crippen LogP contribution in [-0.2, 0) is 9.59 Å². The van der Waals surface area contributed by atoms with E-state index in [1.54, 1.807) is 6.92 Å². The zero-order valence-electron chi connectivity index (χ0n) is 11.5. The van der Waals surface area contributed by atoms with E-state index in [-0.39, 0.29) is 18.4 Å². The van der Waals surface area contributed by atoms with Gasteiger partial charge >= 0.3 is 0 Å². The molecule has 114 valence electrons. The van der Waals surface area contributed by atoms with Crippen LogP contribution in [0.5, 0.6) is 5.75 Å². The van der Waals surface area contributed by atoms with E-state index in [4.69, 9.17) is 4.74 Å².